The van der Waals surface area contributed by atoms with Crippen LogP contribution in [0.3, 0.4) is 0 Å². The van der Waals surface area contributed by atoms with Crippen molar-refractivity contribution in [2.24, 2.45) is 0 Å². The van der Waals surface area contributed by atoms with E-state index in [1.54, 1.807) is 6.07 Å². The van der Waals surface area contributed by atoms with E-state index < -0.39 is 0 Å². The summed E-state index contributed by atoms with van der Waals surface area (Å²) in [6.45, 7) is 13.7. The van der Waals surface area contributed by atoms with E-state index >= 15 is 0 Å². The molecule has 0 bridgehead atoms. The second-order valence-corrected chi connectivity index (χ2v) is 7.86. The molecule has 0 unspecified atom stereocenters. The predicted octanol–water partition coefficient (Wildman–Crippen LogP) is 5.03. The maximum Gasteiger partial charge on any atom is 0.149 e. The van der Waals surface area contributed by atoms with E-state index in [1.165, 1.54) is 62.6 Å². The molecule has 26 heavy (non-hydrogen) atoms. The number of carbonyl (C=O) groups excluding carboxylic acids is 1. The molecule has 0 spiro atoms. The van der Waals surface area contributed by atoms with Crippen LogP contribution in [0.25, 0.3) is 0 Å². The molecule has 0 radical (unpaired) electrons. The summed E-state index contributed by atoms with van der Waals surface area (Å²) in [6.07, 6.45) is 10.1. The highest BCUT2D eigenvalue weighted by molar-refractivity contribution is 5.80. The van der Waals surface area contributed by atoms with Crippen molar-refractivity contribution in [1.29, 1.82) is 0 Å². The third-order valence-electron chi connectivity index (χ3n) is 5.50. The number of aryl methyl sites for hydroxylation is 2. The summed E-state index contributed by atoms with van der Waals surface area (Å²) in [5.74, 6) is -0.0700. The van der Waals surface area contributed by atoms with Crippen LogP contribution in [0.4, 0.5) is 0 Å². The normalized spacial score (nSPS) is 11.7. The molecule has 0 saturated heterocycles. The van der Waals surface area contributed by atoms with Crippen molar-refractivity contribution in [1.82, 2.24) is 0 Å². The topological polar surface area (TPSA) is 40.1 Å². The SMILES string of the molecule is CCCC[N+](CCCC)(CCCC)CCCc1cc(C)cc(C=O)c1[O-]. The number of rotatable bonds is 14. The summed E-state index contributed by atoms with van der Waals surface area (Å²) in [4.78, 5) is 11.1. The summed E-state index contributed by atoms with van der Waals surface area (Å²) in [7, 11) is 0. The van der Waals surface area contributed by atoms with Crippen molar-refractivity contribution in [2.75, 3.05) is 26.2 Å². The van der Waals surface area contributed by atoms with Gasteiger partial charge in [0.05, 0.1) is 26.2 Å². The van der Waals surface area contributed by atoms with Gasteiger partial charge in [0.2, 0.25) is 0 Å². The van der Waals surface area contributed by atoms with Crippen molar-refractivity contribution in [3.05, 3.63) is 28.8 Å². The summed E-state index contributed by atoms with van der Waals surface area (Å²) in [5.41, 5.74) is 2.13. The Balaban J connectivity index is 2.84. The van der Waals surface area contributed by atoms with Crippen LogP contribution in [0, 0.1) is 6.92 Å². The molecule has 3 heteroatoms. The second kappa shape index (κ2) is 12.1. The van der Waals surface area contributed by atoms with Gasteiger partial charge in [0.15, 0.2) is 0 Å². The van der Waals surface area contributed by atoms with E-state index in [9.17, 15) is 9.90 Å². The van der Waals surface area contributed by atoms with E-state index in [0.29, 0.717) is 11.8 Å². The Morgan fingerprint density at radius 2 is 1.38 bits per heavy atom. The second-order valence-electron chi connectivity index (χ2n) is 7.86. The molecule has 0 N–H and O–H groups in total. The van der Waals surface area contributed by atoms with Crippen LogP contribution in [0.5, 0.6) is 5.75 Å². The maximum absolute atomic E-state index is 12.4. The van der Waals surface area contributed by atoms with Gasteiger partial charge in [-0.2, -0.15) is 0 Å². The molecule has 0 heterocycles. The highest BCUT2D eigenvalue weighted by Crippen LogP contribution is 2.23. The lowest BCUT2D eigenvalue weighted by atomic mass is 10.0. The van der Waals surface area contributed by atoms with E-state index in [1.807, 2.05) is 13.0 Å². The smallest absolute Gasteiger partial charge is 0.149 e. The van der Waals surface area contributed by atoms with Crippen LogP contribution in [-0.2, 0) is 6.42 Å². The summed E-state index contributed by atoms with van der Waals surface area (Å²) in [5, 5.41) is 12.4. The Bertz CT molecular complexity index is 517. The molecular weight excluding hydrogens is 322 g/mol. The molecule has 3 nitrogen and oxygen atoms in total. The zero-order chi connectivity index (χ0) is 19.4. The third-order valence-corrected chi connectivity index (χ3v) is 5.50. The molecule has 0 saturated carbocycles. The van der Waals surface area contributed by atoms with Gasteiger partial charge in [-0.05, 0) is 38.7 Å². The van der Waals surface area contributed by atoms with Crippen molar-refractivity contribution < 1.29 is 14.4 Å². The molecule has 0 aliphatic carbocycles. The molecule has 1 rings (SSSR count). The Labute approximate surface area is 161 Å². The quantitative estimate of drug-likeness (QED) is 0.344. The highest BCUT2D eigenvalue weighted by atomic mass is 16.3. The minimum absolute atomic E-state index is 0.0700. The Morgan fingerprint density at radius 1 is 0.885 bits per heavy atom. The zero-order valence-electron chi connectivity index (χ0n) is 17.5. The van der Waals surface area contributed by atoms with Gasteiger partial charge in [-0.3, -0.25) is 4.79 Å². The van der Waals surface area contributed by atoms with Gasteiger partial charge >= 0.3 is 0 Å². The van der Waals surface area contributed by atoms with E-state index in [4.69, 9.17) is 0 Å². The first-order valence-electron chi connectivity index (χ1n) is 10.6. The number of aldehydes is 1. The molecular formula is C23H39NO2. The Kier molecular flexibility index (Phi) is 10.6. The van der Waals surface area contributed by atoms with E-state index in [2.05, 4.69) is 20.8 Å². The van der Waals surface area contributed by atoms with Gasteiger partial charge in [-0.15, -0.1) is 0 Å². The predicted molar refractivity (Wildman–Crippen MR) is 109 cm³/mol. The fourth-order valence-electron chi connectivity index (χ4n) is 3.91. The van der Waals surface area contributed by atoms with Crippen LogP contribution in [0.2, 0.25) is 0 Å². The van der Waals surface area contributed by atoms with Crippen LogP contribution in [0.15, 0.2) is 12.1 Å². The molecule has 148 valence electrons. The van der Waals surface area contributed by atoms with Gasteiger partial charge in [-0.1, -0.05) is 63.0 Å². The van der Waals surface area contributed by atoms with E-state index in [0.717, 1.165) is 30.5 Å². The lowest BCUT2D eigenvalue weighted by molar-refractivity contribution is -0.929. The van der Waals surface area contributed by atoms with Gasteiger partial charge in [-0.25, -0.2) is 0 Å². The van der Waals surface area contributed by atoms with Crippen LogP contribution < -0.4 is 5.11 Å². The minimum atomic E-state index is -0.0700. The monoisotopic (exact) mass is 361 g/mol. The zero-order valence-corrected chi connectivity index (χ0v) is 17.5. The van der Waals surface area contributed by atoms with Crippen LogP contribution in [-0.4, -0.2) is 36.9 Å². The molecule has 0 aliphatic rings. The number of carbonyl (C=O) groups is 1. The Hall–Kier alpha value is -1.35. The van der Waals surface area contributed by atoms with Crippen molar-refractivity contribution in [3.63, 3.8) is 0 Å². The minimum Gasteiger partial charge on any atom is -0.872 e. The first-order valence-corrected chi connectivity index (χ1v) is 10.6. The number of nitrogens with zero attached hydrogens (tertiary/aromatic N) is 1. The Morgan fingerprint density at radius 3 is 1.85 bits per heavy atom. The first-order chi connectivity index (χ1) is 12.5. The average Bonchev–Trinajstić information content (AvgIpc) is 2.65. The van der Waals surface area contributed by atoms with Crippen LogP contribution >= 0.6 is 0 Å². The third kappa shape index (κ3) is 7.11. The number of hydrogen-bond acceptors (Lipinski definition) is 2. The molecule has 1 aromatic rings. The number of quaternary nitrogens is 1. The highest BCUT2D eigenvalue weighted by Gasteiger charge is 2.25. The molecule has 0 amide bonds. The van der Waals surface area contributed by atoms with Gasteiger partial charge in [0, 0.05) is 12.0 Å². The number of unbranched alkanes of at least 4 members (excludes halogenated alkanes) is 3. The number of benzene rings is 1. The first kappa shape index (κ1) is 22.7. The fourth-order valence-corrected chi connectivity index (χ4v) is 3.91. The number of hydrogen-bond donors (Lipinski definition) is 0. The summed E-state index contributed by atoms with van der Waals surface area (Å²) in [6, 6.07) is 3.66. The fraction of sp³-hybridized carbons (Fsp3) is 0.696. The summed E-state index contributed by atoms with van der Waals surface area (Å²) >= 11 is 0. The molecule has 1 aromatic carbocycles. The van der Waals surface area contributed by atoms with Crippen molar-refractivity contribution in [3.8, 4) is 5.75 Å². The maximum atomic E-state index is 12.4. The molecule has 0 fully saturated rings. The van der Waals surface area contributed by atoms with Crippen molar-refractivity contribution in [2.45, 2.75) is 79.1 Å². The van der Waals surface area contributed by atoms with E-state index in [-0.39, 0.29) is 5.75 Å². The van der Waals surface area contributed by atoms with Crippen LogP contribution in [0.1, 0.15) is 87.2 Å². The lowest BCUT2D eigenvalue weighted by Crippen LogP contribution is -2.50. The lowest BCUT2D eigenvalue weighted by Gasteiger charge is -2.39. The largest absolute Gasteiger partial charge is 0.872 e. The molecule has 0 aliphatic heterocycles. The van der Waals surface area contributed by atoms with Gasteiger partial charge < -0.3 is 9.59 Å². The summed E-state index contributed by atoms with van der Waals surface area (Å²) < 4.78 is 1.20. The molecule has 0 aromatic heterocycles. The van der Waals surface area contributed by atoms with Gasteiger partial charge in [0.25, 0.3) is 0 Å². The van der Waals surface area contributed by atoms with Gasteiger partial charge in [0.1, 0.15) is 6.29 Å². The average molecular weight is 362 g/mol. The standard InChI is InChI=1S/C23H39NO2/c1-5-8-13-24(14-9-6-2,15-10-7-3)16-11-12-21-17-20(4)18-22(19-25)23(21)26/h17-19H,5-16H2,1-4H3. The van der Waals surface area contributed by atoms with Crippen molar-refractivity contribution >= 4 is 6.29 Å². The molecule has 0 atom stereocenters.